The monoisotopic (exact) mass is 301 g/mol. The standard InChI is InChI=1S/C12H16BrNO3/c1-8(15)11(14-12(16)17)7-4-9-2-5-10(13)6-3-9/h2-3,5-6,8,11,14-15H,4,7H2,1H3,(H,16,17)/t8?,11-/m0/s1. The molecule has 5 heteroatoms. The van der Waals surface area contributed by atoms with Gasteiger partial charge in [0.05, 0.1) is 12.1 Å². The summed E-state index contributed by atoms with van der Waals surface area (Å²) < 4.78 is 1.01. The van der Waals surface area contributed by atoms with E-state index in [9.17, 15) is 9.90 Å². The second kappa shape index (κ2) is 6.61. The molecule has 0 radical (unpaired) electrons. The minimum Gasteiger partial charge on any atom is -0.465 e. The van der Waals surface area contributed by atoms with Crippen molar-refractivity contribution in [3.63, 3.8) is 0 Å². The van der Waals surface area contributed by atoms with E-state index >= 15 is 0 Å². The number of hydrogen-bond donors (Lipinski definition) is 3. The zero-order valence-corrected chi connectivity index (χ0v) is 11.1. The molecule has 1 rings (SSSR count). The van der Waals surface area contributed by atoms with Gasteiger partial charge in [-0.2, -0.15) is 0 Å². The molecule has 0 aliphatic rings. The number of aliphatic hydroxyl groups excluding tert-OH is 1. The zero-order chi connectivity index (χ0) is 12.8. The molecule has 1 amide bonds. The summed E-state index contributed by atoms with van der Waals surface area (Å²) in [5.74, 6) is 0. The summed E-state index contributed by atoms with van der Waals surface area (Å²) in [4.78, 5) is 10.5. The third kappa shape index (κ3) is 5.19. The van der Waals surface area contributed by atoms with Gasteiger partial charge in [0.25, 0.3) is 0 Å². The normalized spacial score (nSPS) is 14.1. The molecule has 0 saturated carbocycles. The summed E-state index contributed by atoms with van der Waals surface area (Å²) in [6, 6.07) is 7.40. The number of amides is 1. The number of aryl methyl sites for hydroxylation is 1. The first-order chi connectivity index (χ1) is 7.99. The zero-order valence-electron chi connectivity index (χ0n) is 9.56. The van der Waals surface area contributed by atoms with Gasteiger partial charge in [-0.1, -0.05) is 28.1 Å². The summed E-state index contributed by atoms with van der Waals surface area (Å²) in [6.07, 6.45) is -0.498. The second-order valence-corrected chi connectivity index (χ2v) is 4.88. The maximum Gasteiger partial charge on any atom is 0.404 e. The lowest BCUT2D eigenvalue weighted by atomic mass is 10.0. The van der Waals surface area contributed by atoms with E-state index in [2.05, 4.69) is 21.2 Å². The molecule has 1 aromatic carbocycles. The molecule has 3 N–H and O–H groups in total. The van der Waals surface area contributed by atoms with Crippen LogP contribution in [0.5, 0.6) is 0 Å². The van der Waals surface area contributed by atoms with Crippen molar-refractivity contribution in [3.05, 3.63) is 34.3 Å². The highest BCUT2D eigenvalue weighted by molar-refractivity contribution is 9.10. The Hall–Kier alpha value is -1.07. The van der Waals surface area contributed by atoms with E-state index in [1.807, 2.05) is 24.3 Å². The third-order valence-electron chi connectivity index (χ3n) is 2.55. The summed E-state index contributed by atoms with van der Waals surface area (Å²) in [7, 11) is 0. The first-order valence-corrected chi connectivity index (χ1v) is 6.20. The van der Waals surface area contributed by atoms with Crippen LogP contribution in [0.4, 0.5) is 4.79 Å². The molecule has 0 heterocycles. The van der Waals surface area contributed by atoms with Crippen LogP contribution < -0.4 is 5.32 Å². The van der Waals surface area contributed by atoms with Crippen molar-refractivity contribution < 1.29 is 15.0 Å². The quantitative estimate of drug-likeness (QED) is 0.782. The Morgan fingerprint density at radius 3 is 2.47 bits per heavy atom. The van der Waals surface area contributed by atoms with Gasteiger partial charge in [-0.15, -0.1) is 0 Å². The summed E-state index contributed by atoms with van der Waals surface area (Å²) in [5.41, 5.74) is 1.12. The van der Waals surface area contributed by atoms with E-state index in [0.29, 0.717) is 6.42 Å². The number of carboxylic acid groups (broad SMARTS) is 1. The third-order valence-corrected chi connectivity index (χ3v) is 3.08. The lowest BCUT2D eigenvalue weighted by Gasteiger charge is -2.19. The van der Waals surface area contributed by atoms with E-state index in [1.54, 1.807) is 6.92 Å². The van der Waals surface area contributed by atoms with Crippen LogP contribution in [-0.4, -0.2) is 28.5 Å². The van der Waals surface area contributed by atoms with Gasteiger partial charge in [0.1, 0.15) is 0 Å². The van der Waals surface area contributed by atoms with E-state index in [0.717, 1.165) is 16.5 Å². The van der Waals surface area contributed by atoms with Crippen LogP contribution in [0, 0.1) is 0 Å². The molecule has 0 aliphatic carbocycles. The van der Waals surface area contributed by atoms with Crippen LogP contribution in [0.25, 0.3) is 0 Å². The summed E-state index contributed by atoms with van der Waals surface area (Å²) in [6.45, 7) is 1.59. The van der Waals surface area contributed by atoms with Gasteiger partial charge in [0.15, 0.2) is 0 Å². The van der Waals surface area contributed by atoms with E-state index < -0.39 is 18.2 Å². The molecule has 1 aromatic rings. The van der Waals surface area contributed by atoms with E-state index in [1.165, 1.54) is 0 Å². The van der Waals surface area contributed by atoms with Gasteiger partial charge in [0, 0.05) is 4.47 Å². The molecule has 94 valence electrons. The highest BCUT2D eigenvalue weighted by Gasteiger charge is 2.16. The summed E-state index contributed by atoms with van der Waals surface area (Å²) in [5, 5.41) is 20.4. The van der Waals surface area contributed by atoms with Crippen molar-refractivity contribution in [2.75, 3.05) is 0 Å². The van der Waals surface area contributed by atoms with Crippen LogP contribution in [0.15, 0.2) is 28.7 Å². The van der Waals surface area contributed by atoms with Crippen LogP contribution >= 0.6 is 15.9 Å². The first kappa shape index (κ1) is 14.0. The van der Waals surface area contributed by atoms with Gasteiger partial charge in [0.2, 0.25) is 0 Å². The Kier molecular flexibility index (Phi) is 5.44. The van der Waals surface area contributed by atoms with Gasteiger partial charge >= 0.3 is 6.09 Å². The van der Waals surface area contributed by atoms with Crippen molar-refractivity contribution in [3.8, 4) is 0 Å². The van der Waals surface area contributed by atoms with Crippen LogP contribution in [0.3, 0.4) is 0 Å². The van der Waals surface area contributed by atoms with Gasteiger partial charge in [-0.05, 0) is 37.5 Å². The number of aliphatic hydroxyl groups is 1. The Bertz CT molecular complexity index is 365. The maximum atomic E-state index is 10.5. The SMILES string of the molecule is CC(O)[C@H](CCc1ccc(Br)cc1)NC(=O)O. The topological polar surface area (TPSA) is 69.6 Å². The molecule has 0 spiro atoms. The fourth-order valence-corrected chi connectivity index (χ4v) is 1.83. The fourth-order valence-electron chi connectivity index (χ4n) is 1.57. The average molecular weight is 302 g/mol. The maximum absolute atomic E-state index is 10.5. The van der Waals surface area contributed by atoms with Crippen molar-refractivity contribution in [2.24, 2.45) is 0 Å². The van der Waals surface area contributed by atoms with Gasteiger partial charge < -0.3 is 15.5 Å². The predicted octanol–water partition coefficient (Wildman–Crippen LogP) is 2.40. The Balaban J connectivity index is 2.51. The Morgan fingerprint density at radius 2 is 2.00 bits per heavy atom. The molecule has 0 bridgehead atoms. The molecular weight excluding hydrogens is 286 g/mol. The lowest BCUT2D eigenvalue weighted by Crippen LogP contribution is -2.41. The minimum absolute atomic E-state index is 0.434. The first-order valence-electron chi connectivity index (χ1n) is 5.41. The number of benzene rings is 1. The summed E-state index contributed by atoms with van der Waals surface area (Å²) >= 11 is 3.35. The van der Waals surface area contributed by atoms with Crippen LogP contribution in [0.1, 0.15) is 18.9 Å². The average Bonchev–Trinajstić information content (AvgIpc) is 2.25. The molecule has 4 nitrogen and oxygen atoms in total. The molecule has 0 aliphatic heterocycles. The second-order valence-electron chi connectivity index (χ2n) is 3.96. The molecule has 2 atom stereocenters. The number of hydrogen-bond acceptors (Lipinski definition) is 2. The molecule has 0 aromatic heterocycles. The highest BCUT2D eigenvalue weighted by atomic mass is 79.9. The lowest BCUT2D eigenvalue weighted by molar-refractivity contribution is 0.129. The molecule has 1 unspecified atom stereocenters. The fraction of sp³-hybridized carbons (Fsp3) is 0.417. The molecule has 0 fully saturated rings. The number of carbonyl (C=O) groups is 1. The minimum atomic E-state index is -1.10. The van der Waals surface area contributed by atoms with Crippen molar-refractivity contribution in [1.82, 2.24) is 5.32 Å². The predicted molar refractivity (Wildman–Crippen MR) is 69.1 cm³/mol. The van der Waals surface area contributed by atoms with Crippen molar-refractivity contribution >= 4 is 22.0 Å². The number of rotatable bonds is 5. The Labute approximate surface area is 109 Å². The largest absolute Gasteiger partial charge is 0.465 e. The van der Waals surface area contributed by atoms with E-state index in [4.69, 9.17) is 5.11 Å². The highest BCUT2D eigenvalue weighted by Crippen LogP contribution is 2.13. The number of halogens is 1. The molecule has 17 heavy (non-hydrogen) atoms. The number of nitrogens with one attached hydrogen (secondary N) is 1. The van der Waals surface area contributed by atoms with Gasteiger partial charge in [-0.25, -0.2) is 4.79 Å². The Morgan fingerprint density at radius 1 is 1.41 bits per heavy atom. The van der Waals surface area contributed by atoms with Crippen LogP contribution in [-0.2, 0) is 6.42 Å². The van der Waals surface area contributed by atoms with E-state index in [-0.39, 0.29) is 0 Å². The molecular formula is C12H16BrNO3. The van der Waals surface area contributed by atoms with Crippen molar-refractivity contribution in [2.45, 2.75) is 31.9 Å². The molecule has 0 saturated heterocycles. The van der Waals surface area contributed by atoms with Gasteiger partial charge in [-0.3, -0.25) is 0 Å². The van der Waals surface area contributed by atoms with Crippen LogP contribution in [0.2, 0.25) is 0 Å². The smallest absolute Gasteiger partial charge is 0.404 e. The van der Waals surface area contributed by atoms with Crippen molar-refractivity contribution in [1.29, 1.82) is 0 Å².